The van der Waals surface area contributed by atoms with Crippen LogP contribution in [0.1, 0.15) is 5.56 Å². The molecule has 0 heterocycles. The van der Waals surface area contributed by atoms with Gasteiger partial charge in [0.1, 0.15) is 0 Å². The molecule has 1 aromatic rings. The number of hydrogen-bond donors (Lipinski definition) is 1. The molecule has 0 saturated carbocycles. The van der Waals surface area contributed by atoms with Gasteiger partial charge in [0.05, 0.1) is 6.42 Å². The molecule has 0 atom stereocenters. The van der Waals surface area contributed by atoms with Gasteiger partial charge in [-0.25, -0.2) is 0 Å². The van der Waals surface area contributed by atoms with Crippen molar-refractivity contribution in [1.29, 1.82) is 0 Å². The molecule has 0 radical (unpaired) electrons. The van der Waals surface area contributed by atoms with Gasteiger partial charge in [-0.05, 0) is 17.7 Å². The lowest BCUT2D eigenvalue weighted by atomic mass is 10.1. The van der Waals surface area contributed by atoms with Crippen LogP contribution in [0.5, 0.6) is 0 Å². The third-order valence-electron chi connectivity index (χ3n) is 1.38. The summed E-state index contributed by atoms with van der Waals surface area (Å²) >= 11 is 6.65. The minimum atomic E-state index is -0.321. The normalized spacial score (nSPS) is 9.83. The average Bonchev–Trinajstić information content (AvgIpc) is 1.94. The average molecular weight is 293 g/mol. The highest BCUT2D eigenvalue weighted by molar-refractivity contribution is 9.11. The molecular formula is C8H7Br2NO. The van der Waals surface area contributed by atoms with Gasteiger partial charge >= 0.3 is 0 Å². The van der Waals surface area contributed by atoms with E-state index < -0.39 is 0 Å². The predicted octanol–water partition coefficient (Wildman–Crippen LogP) is 2.24. The van der Waals surface area contributed by atoms with E-state index in [9.17, 15) is 4.79 Å². The van der Waals surface area contributed by atoms with Crippen molar-refractivity contribution >= 4 is 37.8 Å². The van der Waals surface area contributed by atoms with Gasteiger partial charge in [-0.1, -0.05) is 37.9 Å². The summed E-state index contributed by atoms with van der Waals surface area (Å²) in [4.78, 5) is 10.6. The summed E-state index contributed by atoms with van der Waals surface area (Å²) in [6.07, 6.45) is 0.272. The van der Waals surface area contributed by atoms with Crippen molar-refractivity contribution in [2.75, 3.05) is 0 Å². The van der Waals surface area contributed by atoms with E-state index in [1.54, 1.807) is 0 Å². The van der Waals surface area contributed by atoms with Crippen molar-refractivity contribution in [3.05, 3.63) is 32.7 Å². The molecule has 1 aromatic carbocycles. The summed E-state index contributed by atoms with van der Waals surface area (Å²) in [6.45, 7) is 0. The number of benzene rings is 1. The molecule has 0 saturated heterocycles. The molecule has 0 unspecified atom stereocenters. The van der Waals surface area contributed by atoms with Crippen LogP contribution in [0.4, 0.5) is 0 Å². The number of nitrogens with two attached hydrogens (primary N) is 1. The van der Waals surface area contributed by atoms with Gasteiger partial charge in [-0.15, -0.1) is 0 Å². The van der Waals surface area contributed by atoms with E-state index in [1.807, 2.05) is 18.2 Å². The molecule has 0 aliphatic carbocycles. The van der Waals surface area contributed by atoms with Crippen LogP contribution < -0.4 is 5.73 Å². The summed E-state index contributed by atoms with van der Waals surface area (Å²) < 4.78 is 1.87. The molecule has 0 aromatic heterocycles. The summed E-state index contributed by atoms with van der Waals surface area (Å²) in [5.41, 5.74) is 5.97. The van der Waals surface area contributed by atoms with Crippen LogP contribution in [0.25, 0.3) is 0 Å². The molecule has 0 aliphatic rings. The molecule has 1 rings (SSSR count). The number of halogens is 2. The van der Waals surface area contributed by atoms with Gasteiger partial charge in [-0.3, -0.25) is 4.79 Å². The number of amides is 1. The molecule has 0 spiro atoms. The molecule has 12 heavy (non-hydrogen) atoms. The van der Waals surface area contributed by atoms with E-state index >= 15 is 0 Å². The van der Waals surface area contributed by atoms with Crippen molar-refractivity contribution in [3.63, 3.8) is 0 Å². The lowest BCUT2D eigenvalue weighted by molar-refractivity contribution is -0.117. The Bertz CT molecular complexity index is 312. The quantitative estimate of drug-likeness (QED) is 0.892. The first-order valence-corrected chi connectivity index (χ1v) is 4.90. The third kappa shape index (κ3) is 2.60. The summed E-state index contributed by atoms with van der Waals surface area (Å²) in [6, 6.07) is 5.63. The maximum absolute atomic E-state index is 10.6. The zero-order chi connectivity index (χ0) is 9.14. The molecule has 1 amide bonds. The fraction of sp³-hybridized carbons (Fsp3) is 0.125. The van der Waals surface area contributed by atoms with Gasteiger partial charge in [0.2, 0.25) is 5.91 Å². The zero-order valence-corrected chi connectivity index (χ0v) is 9.35. The van der Waals surface area contributed by atoms with Crippen LogP contribution in [-0.4, -0.2) is 5.91 Å². The van der Waals surface area contributed by atoms with Crippen molar-refractivity contribution in [2.24, 2.45) is 5.73 Å². The van der Waals surface area contributed by atoms with E-state index in [1.165, 1.54) is 0 Å². The van der Waals surface area contributed by atoms with Gasteiger partial charge in [0.15, 0.2) is 0 Å². The summed E-state index contributed by atoms with van der Waals surface area (Å²) in [5.74, 6) is -0.321. The topological polar surface area (TPSA) is 43.1 Å². The molecule has 0 aliphatic heterocycles. The Morgan fingerprint density at radius 1 is 1.42 bits per heavy atom. The SMILES string of the molecule is NC(=O)Cc1ccc(Br)cc1Br. The lowest BCUT2D eigenvalue weighted by Crippen LogP contribution is -2.13. The third-order valence-corrected chi connectivity index (χ3v) is 2.61. The Morgan fingerprint density at radius 2 is 2.08 bits per heavy atom. The summed E-state index contributed by atoms with van der Waals surface area (Å²) in [5, 5.41) is 0. The van der Waals surface area contributed by atoms with E-state index in [0.29, 0.717) is 0 Å². The smallest absolute Gasteiger partial charge is 0.221 e. The molecule has 4 heteroatoms. The monoisotopic (exact) mass is 291 g/mol. The van der Waals surface area contributed by atoms with Crippen LogP contribution in [0.3, 0.4) is 0 Å². The standard InChI is InChI=1S/C8H7Br2NO/c9-6-2-1-5(3-8(11)12)7(10)4-6/h1-2,4H,3H2,(H2,11,12). The second kappa shape index (κ2) is 4.05. The van der Waals surface area contributed by atoms with Crippen LogP contribution in [0.2, 0.25) is 0 Å². The molecule has 2 N–H and O–H groups in total. The maximum Gasteiger partial charge on any atom is 0.221 e. The minimum Gasteiger partial charge on any atom is -0.369 e. The summed E-state index contributed by atoms with van der Waals surface area (Å²) in [7, 11) is 0. The number of rotatable bonds is 2. The number of hydrogen-bond acceptors (Lipinski definition) is 1. The Balaban J connectivity index is 2.93. The van der Waals surface area contributed by atoms with Crippen molar-refractivity contribution in [2.45, 2.75) is 6.42 Å². The van der Waals surface area contributed by atoms with E-state index in [4.69, 9.17) is 5.73 Å². The van der Waals surface area contributed by atoms with Gasteiger partial charge < -0.3 is 5.73 Å². The Labute approximate surface area is 87.4 Å². The molecule has 64 valence electrons. The first-order chi connectivity index (χ1) is 5.59. The van der Waals surface area contributed by atoms with Crippen LogP contribution >= 0.6 is 31.9 Å². The maximum atomic E-state index is 10.6. The van der Waals surface area contributed by atoms with Crippen molar-refractivity contribution in [3.8, 4) is 0 Å². The highest BCUT2D eigenvalue weighted by atomic mass is 79.9. The zero-order valence-electron chi connectivity index (χ0n) is 6.18. The van der Waals surface area contributed by atoms with Crippen LogP contribution in [0, 0.1) is 0 Å². The molecule has 2 nitrogen and oxygen atoms in total. The minimum absolute atomic E-state index is 0.272. The van der Waals surface area contributed by atoms with E-state index in [0.717, 1.165) is 14.5 Å². The molecular weight excluding hydrogens is 286 g/mol. The fourth-order valence-corrected chi connectivity index (χ4v) is 2.04. The number of carbonyl (C=O) groups is 1. The second-order valence-electron chi connectivity index (χ2n) is 2.38. The second-order valence-corrected chi connectivity index (χ2v) is 4.15. The predicted molar refractivity (Wildman–Crippen MR) is 54.7 cm³/mol. The Hall–Kier alpha value is -0.350. The van der Waals surface area contributed by atoms with Crippen LogP contribution in [-0.2, 0) is 11.2 Å². The van der Waals surface area contributed by atoms with Gasteiger partial charge in [-0.2, -0.15) is 0 Å². The number of primary amides is 1. The number of carbonyl (C=O) groups excluding carboxylic acids is 1. The first-order valence-electron chi connectivity index (χ1n) is 3.32. The van der Waals surface area contributed by atoms with Gasteiger partial charge in [0.25, 0.3) is 0 Å². The largest absolute Gasteiger partial charge is 0.369 e. The Kier molecular flexibility index (Phi) is 3.29. The van der Waals surface area contributed by atoms with Gasteiger partial charge in [0, 0.05) is 8.95 Å². The van der Waals surface area contributed by atoms with Crippen molar-refractivity contribution in [1.82, 2.24) is 0 Å². The van der Waals surface area contributed by atoms with E-state index in [-0.39, 0.29) is 12.3 Å². The van der Waals surface area contributed by atoms with Crippen molar-refractivity contribution < 1.29 is 4.79 Å². The lowest BCUT2D eigenvalue weighted by Gasteiger charge is -2.01. The fourth-order valence-electron chi connectivity index (χ4n) is 0.853. The van der Waals surface area contributed by atoms with E-state index in [2.05, 4.69) is 31.9 Å². The highest BCUT2D eigenvalue weighted by Gasteiger charge is 2.02. The molecule has 0 bridgehead atoms. The Morgan fingerprint density at radius 3 is 2.58 bits per heavy atom. The molecule has 0 fully saturated rings. The van der Waals surface area contributed by atoms with Crippen LogP contribution in [0.15, 0.2) is 27.1 Å². The first kappa shape index (κ1) is 9.74. The highest BCUT2D eigenvalue weighted by Crippen LogP contribution is 2.21.